The molecule has 3 rings (SSSR count). The van der Waals surface area contributed by atoms with E-state index < -0.39 is 10.0 Å². The molecule has 0 atom stereocenters. The number of nitrogens with zero attached hydrogens (tertiary/aromatic N) is 1. The fourth-order valence-electron chi connectivity index (χ4n) is 3.29. The van der Waals surface area contributed by atoms with Crippen molar-refractivity contribution in [3.8, 4) is 5.75 Å². The highest BCUT2D eigenvalue weighted by atomic mass is 32.2. The molecule has 0 aliphatic heterocycles. The molecule has 1 N–H and O–H groups in total. The first-order valence-electron chi connectivity index (χ1n) is 9.86. The van der Waals surface area contributed by atoms with Gasteiger partial charge in [0.2, 0.25) is 15.9 Å². The molecule has 0 radical (unpaired) electrons. The average Bonchev–Trinajstić information content (AvgIpc) is 2.72. The number of anilines is 2. The Kier molecular flexibility index (Phi) is 6.95. The number of ether oxygens (including phenoxy) is 1. The maximum Gasteiger partial charge on any atom is 0.232 e. The Balaban J connectivity index is 1.62. The van der Waals surface area contributed by atoms with Crippen LogP contribution in [-0.4, -0.2) is 33.7 Å². The number of hydrogen-bond acceptors (Lipinski definition) is 4. The minimum atomic E-state index is -3.47. The van der Waals surface area contributed by atoms with E-state index in [0.717, 1.165) is 16.5 Å². The quantitative estimate of drug-likeness (QED) is 0.549. The second-order valence-corrected chi connectivity index (χ2v) is 8.85. The summed E-state index contributed by atoms with van der Waals surface area (Å²) in [6.07, 6.45) is 1.78. The van der Waals surface area contributed by atoms with E-state index in [2.05, 4.69) is 5.32 Å². The molecule has 1 amide bonds. The molecule has 6 nitrogen and oxygen atoms in total. The molecule has 7 heteroatoms. The van der Waals surface area contributed by atoms with Crippen LogP contribution in [0.25, 0.3) is 10.8 Å². The van der Waals surface area contributed by atoms with E-state index in [9.17, 15) is 13.2 Å². The third-order valence-corrected chi connectivity index (χ3v) is 5.86. The number of fused-ring (bicyclic) bond motifs is 1. The van der Waals surface area contributed by atoms with E-state index in [1.54, 1.807) is 24.3 Å². The molecule has 0 unspecified atom stereocenters. The lowest BCUT2D eigenvalue weighted by Gasteiger charge is -2.22. The monoisotopic (exact) mass is 426 g/mol. The molecular formula is C23H26N2O4S. The standard InChI is InChI=1S/C23H26N2O4S/c1-3-29-20-15-13-19(14-16-20)25(30(2,27)28)17-7-12-23(26)24-22-11-6-9-18-8-4-5-10-21(18)22/h4-6,8-11,13-16H,3,7,12,17H2,1-2H3,(H,24,26). The maximum atomic E-state index is 12.4. The first-order chi connectivity index (χ1) is 14.4. The van der Waals surface area contributed by atoms with Gasteiger partial charge in [-0.3, -0.25) is 9.10 Å². The maximum absolute atomic E-state index is 12.4. The number of sulfonamides is 1. The van der Waals surface area contributed by atoms with Gasteiger partial charge in [0.1, 0.15) is 5.75 Å². The summed E-state index contributed by atoms with van der Waals surface area (Å²) >= 11 is 0. The molecule has 0 aromatic heterocycles. The Morgan fingerprint density at radius 2 is 1.70 bits per heavy atom. The fraction of sp³-hybridized carbons (Fsp3) is 0.261. The SMILES string of the molecule is CCOc1ccc(N(CCCC(=O)Nc2cccc3ccccc23)S(C)(=O)=O)cc1. The minimum absolute atomic E-state index is 0.147. The fourth-order valence-corrected chi connectivity index (χ4v) is 4.26. The van der Waals surface area contributed by atoms with Gasteiger partial charge in [0.05, 0.1) is 18.6 Å². The largest absolute Gasteiger partial charge is 0.494 e. The molecule has 0 saturated heterocycles. The van der Waals surface area contributed by atoms with Crippen molar-refractivity contribution in [1.29, 1.82) is 0 Å². The van der Waals surface area contributed by atoms with Crippen molar-refractivity contribution in [1.82, 2.24) is 0 Å². The summed E-state index contributed by atoms with van der Waals surface area (Å²) in [6, 6.07) is 20.5. The van der Waals surface area contributed by atoms with Gasteiger partial charge in [-0.1, -0.05) is 36.4 Å². The lowest BCUT2D eigenvalue weighted by Crippen LogP contribution is -2.31. The van der Waals surface area contributed by atoms with Crippen molar-refractivity contribution < 1.29 is 17.9 Å². The molecule has 0 aliphatic carbocycles. The summed E-state index contributed by atoms with van der Waals surface area (Å²) in [7, 11) is -3.47. The molecule has 0 bridgehead atoms. The van der Waals surface area contributed by atoms with E-state index >= 15 is 0 Å². The van der Waals surface area contributed by atoms with Gasteiger partial charge in [-0.25, -0.2) is 8.42 Å². The zero-order chi connectivity index (χ0) is 21.6. The molecule has 0 saturated carbocycles. The highest BCUT2D eigenvalue weighted by Crippen LogP contribution is 2.24. The van der Waals surface area contributed by atoms with Crippen LogP contribution in [0.4, 0.5) is 11.4 Å². The van der Waals surface area contributed by atoms with Crippen LogP contribution in [0.15, 0.2) is 66.7 Å². The molecule has 0 spiro atoms. The van der Waals surface area contributed by atoms with Crippen LogP contribution in [0.3, 0.4) is 0 Å². The second-order valence-electron chi connectivity index (χ2n) is 6.94. The van der Waals surface area contributed by atoms with Crippen molar-refractivity contribution >= 4 is 38.1 Å². The number of amides is 1. The third kappa shape index (κ3) is 5.51. The van der Waals surface area contributed by atoms with Crippen LogP contribution in [0.5, 0.6) is 5.75 Å². The van der Waals surface area contributed by atoms with Gasteiger partial charge in [0.25, 0.3) is 0 Å². The number of nitrogens with one attached hydrogen (secondary N) is 1. The summed E-state index contributed by atoms with van der Waals surface area (Å²) in [5.41, 5.74) is 1.31. The van der Waals surface area contributed by atoms with Crippen molar-refractivity contribution in [2.75, 3.05) is 29.0 Å². The molecular weight excluding hydrogens is 400 g/mol. The number of hydrogen-bond donors (Lipinski definition) is 1. The molecule has 0 fully saturated rings. The highest BCUT2D eigenvalue weighted by Gasteiger charge is 2.18. The van der Waals surface area contributed by atoms with Gasteiger partial charge in [0, 0.05) is 24.0 Å². The van der Waals surface area contributed by atoms with Crippen LogP contribution >= 0.6 is 0 Å². The summed E-state index contributed by atoms with van der Waals surface area (Å²) in [6.45, 7) is 2.65. The lowest BCUT2D eigenvalue weighted by molar-refractivity contribution is -0.116. The smallest absolute Gasteiger partial charge is 0.232 e. The number of rotatable bonds is 9. The summed E-state index contributed by atoms with van der Waals surface area (Å²) in [4.78, 5) is 12.4. The van der Waals surface area contributed by atoms with Gasteiger partial charge >= 0.3 is 0 Å². The molecule has 0 aliphatic rings. The van der Waals surface area contributed by atoms with E-state index in [4.69, 9.17) is 4.74 Å². The predicted molar refractivity (Wildman–Crippen MR) is 122 cm³/mol. The van der Waals surface area contributed by atoms with Crippen molar-refractivity contribution in [3.63, 3.8) is 0 Å². The van der Waals surface area contributed by atoms with Crippen LogP contribution in [0.1, 0.15) is 19.8 Å². The van der Waals surface area contributed by atoms with Crippen LogP contribution < -0.4 is 14.4 Å². The van der Waals surface area contributed by atoms with Crippen LogP contribution in [-0.2, 0) is 14.8 Å². The van der Waals surface area contributed by atoms with Crippen molar-refractivity contribution in [2.24, 2.45) is 0 Å². The number of benzene rings is 3. The number of carbonyl (C=O) groups is 1. The first-order valence-corrected chi connectivity index (χ1v) is 11.7. The van der Waals surface area contributed by atoms with Gasteiger partial charge in [-0.05, 0) is 49.1 Å². The Morgan fingerprint density at radius 1 is 1.00 bits per heavy atom. The van der Waals surface area contributed by atoms with Gasteiger partial charge < -0.3 is 10.1 Å². The first kappa shape index (κ1) is 21.6. The third-order valence-electron chi connectivity index (χ3n) is 4.66. The zero-order valence-corrected chi connectivity index (χ0v) is 18.0. The summed E-state index contributed by atoms with van der Waals surface area (Å²) in [5.74, 6) is 0.538. The lowest BCUT2D eigenvalue weighted by atomic mass is 10.1. The second kappa shape index (κ2) is 9.63. The predicted octanol–water partition coefficient (Wildman–Crippen LogP) is 4.42. The molecule has 158 valence electrons. The molecule has 0 heterocycles. The van der Waals surface area contributed by atoms with E-state index in [-0.39, 0.29) is 18.9 Å². The van der Waals surface area contributed by atoms with Crippen LogP contribution in [0, 0.1) is 0 Å². The van der Waals surface area contributed by atoms with Gasteiger partial charge in [-0.15, -0.1) is 0 Å². The Hall–Kier alpha value is -3.06. The Labute approximate surface area is 177 Å². The highest BCUT2D eigenvalue weighted by molar-refractivity contribution is 7.92. The van der Waals surface area contributed by atoms with E-state index in [0.29, 0.717) is 24.5 Å². The van der Waals surface area contributed by atoms with Crippen molar-refractivity contribution in [3.05, 3.63) is 66.7 Å². The summed E-state index contributed by atoms with van der Waals surface area (Å²) in [5, 5.41) is 4.96. The normalized spacial score (nSPS) is 11.3. The van der Waals surface area contributed by atoms with Crippen molar-refractivity contribution in [2.45, 2.75) is 19.8 Å². The van der Waals surface area contributed by atoms with E-state index in [1.807, 2.05) is 49.4 Å². The van der Waals surface area contributed by atoms with Crippen LogP contribution in [0.2, 0.25) is 0 Å². The number of carbonyl (C=O) groups excluding carboxylic acids is 1. The molecule has 3 aromatic carbocycles. The van der Waals surface area contributed by atoms with Gasteiger partial charge in [-0.2, -0.15) is 0 Å². The van der Waals surface area contributed by atoms with Gasteiger partial charge in [0.15, 0.2) is 0 Å². The minimum Gasteiger partial charge on any atom is -0.494 e. The molecule has 30 heavy (non-hydrogen) atoms. The Morgan fingerprint density at radius 3 is 2.40 bits per heavy atom. The molecule has 3 aromatic rings. The van der Waals surface area contributed by atoms with E-state index in [1.165, 1.54) is 10.6 Å². The Bertz CT molecular complexity index is 1110. The topological polar surface area (TPSA) is 75.7 Å². The zero-order valence-electron chi connectivity index (χ0n) is 17.2. The summed E-state index contributed by atoms with van der Waals surface area (Å²) < 4.78 is 31.2. The average molecular weight is 427 g/mol.